The number of hydrogen-bond donors (Lipinski definition) is 0. The number of amides is 1. The first-order valence-corrected chi connectivity index (χ1v) is 8.91. The summed E-state index contributed by atoms with van der Waals surface area (Å²) in [5, 5.41) is 0. The van der Waals surface area contributed by atoms with Gasteiger partial charge < -0.3 is 9.64 Å². The Hall–Kier alpha value is -2.07. The molecule has 4 nitrogen and oxygen atoms in total. The molecule has 0 saturated carbocycles. The third-order valence-electron chi connectivity index (χ3n) is 5.39. The van der Waals surface area contributed by atoms with Gasteiger partial charge in [0.2, 0.25) is 0 Å². The maximum absolute atomic E-state index is 12.8. The van der Waals surface area contributed by atoms with Gasteiger partial charge in [-0.15, -0.1) is 0 Å². The topological polar surface area (TPSA) is 32.8 Å². The van der Waals surface area contributed by atoms with E-state index in [0.717, 1.165) is 24.4 Å². The highest BCUT2D eigenvalue weighted by atomic mass is 16.5. The highest BCUT2D eigenvalue weighted by Crippen LogP contribution is 2.28. The number of carbonyl (C=O) groups is 1. The van der Waals surface area contributed by atoms with Crippen molar-refractivity contribution in [1.82, 2.24) is 9.80 Å². The highest BCUT2D eigenvalue weighted by Gasteiger charge is 2.38. The minimum Gasteiger partial charge on any atom is -0.464 e. The van der Waals surface area contributed by atoms with E-state index in [1.54, 1.807) is 12.3 Å². The Morgan fingerprint density at radius 2 is 2.04 bits per heavy atom. The molecule has 0 unspecified atom stereocenters. The largest absolute Gasteiger partial charge is 0.464 e. The van der Waals surface area contributed by atoms with E-state index in [0.29, 0.717) is 17.7 Å². The molecule has 0 aliphatic carbocycles. The second-order valence-corrected chi connectivity index (χ2v) is 7.00. The molecule has 0 N–H and O–H groups in total. The van der Waals surface area contributed by atoms with Crippen molar-refractivity contribution in [3.05, 3.63) is 47.7 Å². The number of ether oxygens (including phenoxy) is 1. The van der Waals surface area contributed by atoms with Gasteiger partial charge in [-0.05, 0) is 44.5 Å². The van der Waals surface area contributed by atoms with E-state index in [1.165, 1.54) is 25.8 Å². The van der Waals surface area contributed by atoms with Crippen LogP contribution in [0.3, 0.4) is 0 Å². The van der Waals surface area contributed by atoms with Crippen molar-refractivity contribution >= 4 is 12.0 Å². The van der Waals surface area contributed by atoms with Crippen LogP contribution in [0, 0.1) is 0 Å². The number of fused-ring (bicyclic) bond motifs is 1. The molecule has 3 aliphatic heterocycles. The maximum atomic E-state index is 12.8. The van der Waals surface area contributed by atoms with Crippen LogP contribution in [0.1, 0.15) is 31.7 Å². The van der Waals surface area contributed by atoms with Crippen molar-refractivity contribution in [3.8, 4) is 5.75 Å². The summed E-state index contributed by atoms with van der Waals surface area (Å²) in [6.07, 6.45) is 9.23. The molecule has 1 amide bonds. The molecular formula is C20H24N2O2. The number of nitrogens with zero attached hydrogens (tertiary/aromatic N) is 2. The van der Waals surface area contributed by atoms with Crippen LogP contribution >= 0.6 is 0 Å². The molecule has 24 heavy (non-hydrogen) atoms. The molecule has 1 aromatic rings. The molecule has 4 heteroatoms. The fourth-order valence-corrected chi connectivity index (χ4v) is 3.91. The summed E-state index contributed by atoms with van der Waals surface area (Å²) in [6.45, 7) is 5.18. The van der Waals surface area contributed by atoms with Crippen LogP contribution in [0.2, 0.25) is 0 Å². The number of rotatable bonds is 2. The van der Waals surface area contributed by atoms with Gasteiger partial charge >= 0.3 is 0 Å². The van der Waals surface area contributed by atoms with Gasteiger partial charge in [-0.2, -0.15) is 0 Å². The van der Waals surface area contributed by atoms with E-state index < -0.39 is 0 Å². The van der Waals surface area contributed by atoms with Gasteiger partial charge in [-0.25, -0.2) is 0 Å². The summed E-state index contributed by atoms with van der Waals surface area (Å²) in [5.74, 6) is 0.896. The van der Waals surface area contributed by atoms with Gasteiger partial charge in [0.1, 0.15) is 5.75 Å². The third kappa shape index (κ3) is 2.86. The maximum Gasteiger partial charge on any atom is 0.254 e. The number of benzene rings is 1. The van der Waals surface area contributed by atoms with Crippen LogP contribution in [0.15, 0.2) is 42.2 Å². The zero-order valence-corrected chi connectivity index (χ0v) is 14.1. The second-order valence-electron chi connectivity index (χ2n) is 7.00. The summed E-state index contributed by atoms with van der Waals surface area (Å²) in [6, 6.07) is 8.98. The summed E-state index contributed by atoms with van der Waals surface area (Å²) in [4.78, 5) is 17.3. The lowest BCUT2D eigenvalue weighted by molar-refractivity contribution is -0.135. The van der Waals surface area contributed by atoms with Crippen LogP contribution in [-0.2, 0) is 4.79 Å². The average molecular weight is 324 g/mol. The Morgan fingerprint density at radius 3 is 2.88 bits per heavy atom. The molecule has 1 atom stereocenters. The van der Waals surface area contributed by atoms with Gasteiger partial charge in [0, 0.05) is 36.3 Å². The zero-order valence-electron chi connectivity index (χ0n) is 14.1. The minimum absolute atomic E-state index is 0.104. The fraction of sp³-hybridized carbons (Fsp3) is 0.450. The van der Waals surface area contributed by atoms with Gasteiger partial charge in [0.15, 0.2) is 0 Å². The molecule has 3 heterocycles. The Kier molecular flexibility index (Phi) is 4.15. The smallest absolute Gasteiger partial charge is 0.254 e. The molecule has 0 bridgehead atoms. The number of carbonyl (C=O) groups excluding carboxylic acids is 1. The van der Waals surface area contributed by atoms with E-state index >= 15 is 0 Å². The van der Waals surface area contributed by atoms with E-state index in [9.17, 15) is 4.79 Å². The fourth-order valence-electron chi connectivity index (χ4n) is 3.91. The number of para-hydroxylation sites is 1. The molecule has 0 radical (unpaired) electrons. The normalized spacial score (nSPS) is 24.5. The van der Waals surface area contributed by atoms with Crippen LogP contribution in [0.4, 0.5) is 0 Å². The van der Waals surface area contributed by atoms with Crippen LogP contribution in [0.25, 0.3) is 6.08 Å². The van der Waals surface area contributed by atoms with Crippen molar-refractivity contribution in [2.75, 3.05) is 19.6 Å². The lowest BCUT2D eigenvalue weighted by atomic mass is 9.96. The summed E-state index contributed by atoms with van der Waals surface area (Å²) in [5.41, 5.74) is 1.65. The van der Waals surface area contributed by atoms with Gasteiger partial charge in [-0.3, -0.25) is 9.69 Å². The number of piperidine rings is 1. The van der Waals surface area contributed by atoms with Crippen LogP contribution in [-0.4, -0.2) is 47.4 Å². The molecule has 126 valence electrons. The first kappa shape index (κ1) is 15.5. The number of likely N-dealkylation sites (tertiary alicyclic amines) is 2. The SMILES string of the molecule is C[C@H]1CCCCN1C1CN(C(=O)C2=Cc3ccccc3OC=C2)C1. The first-order chi connectivity index (χ1) is 11.7. The van der Waals surface area contributed by atoms with E-state index in [1.807, 2.05) is 35.2 Å². The Labute approximate surface area is 143 Å². The molecule has 0 spiro atoms. The lowest BCUT2D eigenvalue weighted by Gasteiger charge is -2.49. The van der Waals surface area contributed by atoms with E-state index in [-0.39, 0.29) is 5.91 Å². The van der Waals surface area contributed by atoms with Crippen molar-refractivity contribution in [3.63, 3.8) is 0 Å². The standard InChI is InChI=1S/C20H24N2O2/c1-15-6-4-5-10-22(15)18-13-21(14-18)20(23)17-9-11-24-19-8-3-2-7-16(19)12-17/h2-3,7-9,11-12,15,18H,4-6,10,13-14H2,1H3/t15-/m0/s1. The predicted molar refractivity (Wildman–Crippen MR) is 94.6 cm³/mol. The predicted octanol–water partition coefficient (Wildman–Crippen LogP) is 3.06. The van der Waals surface area contributed by atoms with Crippen molar-refractivity contribution < 1.29 is 9.53 Å². The minimum atomic E-state index is 0.104. The summed E-state index contributed by atoms with van der Waals surface area (Å²) < 4.78 is 5.58. The van der Waals surface area contributed by atoms with Crippen LogP contribution < -0.4 is 4.74 Å². The second kappa shape index (κ2) is 6.44. The van der Waals surface area contributed by atoms with Crippen molar-refractivity contribution in [2.45, 2.75) is 38.3 Å². The highest BCUT2D eigenvalue weighted by molar-refractivity contribution is 6.01. The number of hydrogen-bond acceptors (Lipinski definition) is 3. The van der Waals surface area contributed by atoms with E-state index in [4.69, 9.17) is 4.74 Å². The molecule has 2 saturated heterocycles. The lowest BCUT2D eigenvalue weighted by Crippen LogP contribution is -2.63. The van der Waals surface area contributed by atoms with Gasteiger partial charge in [0.25, 0.3) is 5.91 Å². The molecule has 2 fully saturated rings. The molecule has 0 aromatic heterocycles. The molecule has 1 aromatic carbocycles. The Bertz CT molecular complexity index is 689. The molecule has 4 rings (SSSR count). The summed E-state index contributed by atoms with van der Waals surface area (Å²) in [7, 11) is 0. The van der Waals surface area contributed by atoms with Crippen LogP contribution in [0.5, 0.6) is 5.75 Å². The zero-order chi connectivity index (χ0) is 16.5. The third-order valence-corrected chi connectivity index (χ3v) is 5.39. The summed E-state index contributed by atoms with van der Waals surface area (Å²) >= 11 is 0. The average Bonchev–Trinajstić information content (AvgIpc) is 2.77. The van der Waals surface area contributed by atoms with Crippen molar-refractivity contribution in [1.29, 1.82) is 0 Å². The molecule has 3 aliphatic rings. The van der Waals surface area contributed by atoms with E-state index in [2.05, 4.69) is 11.8 Å². The van der Waals surface area contributed by atoms with Gasteiger partial charge in [0.05, 0.1) is 6.26 Å². The van der Waals surface area contributed by atoms with Gasteiger partial charge in [-0.1, -0.05) is 24.6 Å². The first-order valence-electron chi connectivity index (χ1n) is 8.91. The molecular weight excluding hydrogens is 300 g/mol. The monoisotopic (exact) mass is 324 g/mol. The Balaban J connectivity index is 1.43. The Morgan fingerprint density at radius 1 is 1.21 bits per heavy atom. The quantitative estimate of drug-likeness (QED) is 0.838. The van der Waals surface area contributed by atoms with Crippen molar-refractivity contribution in [2.24, 2.45) is 0 Å².